The molecule has 7 heteroatoms. The molecule has 0 radical (unpaired) electrons. The number of aliphatic carboxylic acids is 1. The van der Waals surface area contributed by atoms with E-state index in [0.717, 1.165) is 0 Å². The van der Waals surface area contributed by atoms with E-state index in [9.17, 15) is 18.0 Å². The van der Waals surface area contributed by atoms with E-state index >= 15 is 0 Å². The van der Waals surface area contributed by atoms with E-state index in [-0.39, 0.29) is 30.6 Å². The Morgan fingerprint density at radius 2 is 2.16 bits per heavy atom. The van der Waals surface area contributed by atoms with Gasteiger partial charge in [-0.15, -0.1) is 0 Å². The van der Waals surface area contributed by atoms with Crippen molar-refractivity contribution in [1.82, 2.24) is 0 Å². The molecule has 0 fully saturated rings. The van der Waals surface area contributed by atoms with Crippen LogP contribution in [0.2, 0.25) is 0 Å². The second-order valence-corrected chi connectivity index (χ2v) is 4.57. The van der Waals surface area contributed by atoms with Crippen LogP contribution >= 0.6 is 0 Å². The third kappa shape index (κ3) is 2.91. The number of fused-ring (bicyclic) bond motifs is 1. The standard InChI is InChI=1S/C12H13F3N2O2/c13-12(14,15)9-2-1-7-3-6(5-10(18)19)4-8(16)11(7)17-9/h3-4,9,17H,1-2,5,16H2,(H,18,19). The van der Waals surface area contributed by atoms with Crippen molar-refractivity contribution in [3.8, 4) is 0 Å². The van der Waals surface area contributed by atoms with Crippen LogP contribution in [0.25, 0.3) is 0 Å². The first-order valence-electron chi connectivity index (χ1n) is 5.73. The lowest BCUT2D eigenvalue weighted by Gasteiger charge is -2.30. The summed E-state index contributed by atoms with van der Waals surface area (Å²) < 4.78 is 37.9. The van der Waals surface area contributed by atoms with Gasteiger partial charge in [0, 0.05) is 0 Å². The van der Waals surface area contributed by atoms with Crippen LogP contribution in [0.4, 0.5) is 24.5 Å². The number of nitrogens with two attached hydrogens (primary N) is 1. The summed E-state index contributed by atoms with van der Waals surface area (Å²) in [5.74, 6) is -1.00. The normalized spacial score (nSPS) is 18.6. The highest BCUT2D eigenvalue weighted by Gasteiger charge is 2.41. The van der Waals surface area contributed by atoms with Crippen LogP contribution in [0.3, 0.4) is 0 Å². The predicted octanol–water partition coefficient (Wildman–Crippen LogP) is 2.18. The van der Waals surface area contributed by atoms with Gasteiger partial charge in [-0.3, -0.25) is 4.79 Å². The molecule has 1 aromatic rings. The number of rotatable bonds is 2. The minimum absolute atomic E-state index is 0.0769. The van der Waals surface area contributed by atoms with Crippen LogP contribution in [0.1, 0.15) is 17.5 Å². The molecule has 19 heavy (non-hydrogen) atoms. The number of nitrogen functional groups attached to an aromatic ring is 1. The SMILES string of the molecule is Nc1cc(CC(=O)O)cc2c1NC(C(F)(F)F)CC2. The number of benzene rings is 1. The first-order chi connectivity index (χ1) is 8.77. The minimum Gasteiger partial charge on any atom is -0.481 e. The maximum atomic E-state index is 12.6. The first-order valence-corrected chi connectivity index (χ1v) is 5.73. The van der Waals surface area contributed by atoms with Gasteiger partial charge in [0.15, 0.2) is 0 Å². The van der Waals surface area contributed by atoms with Crippen molar-refractivity contribution < 1.29 is 23.1 Å². The molecule has 0 amide bonds. The highest BCUT2D eigenvalue weighted by atomic mass is 19.4. The largest absolute Gasteiger partial charge is 0.481 e. The van der Waals surface area contributed by atoms with Crippen molar-refractivity contribution >= 4 is 17.3 Å². The van der Waals surface area contributed by atoms with E-state index in [4.69, 9.17) is 10.8 Å². The molecule has 4 nitrogen and oxygen atoms in total. The Morgan fingerprint density at radius 1 is 1.47 bits per heavy atom. The van der Waals surface area contributed by atoms with Crippen LogP contribution in [0.5, 0.6) is 0 Å². The summed E-state index contributed by atoms with van der Waals surface area (Å²) in [6.07, 6.45) is -4.36. The zero-order chi connectivity index (χ0) is 14.2. The number of nitrogens with one attached hydrogen (secondary N) is 1. The number of hydrogen-bond donors (Lipinski definition) is 3. The van der Waals surface area contributed by atoms with Gasteiger partial charge in [-0.2, -0.15) is 13.2 Å². The van der Waals surface area contributed by atoms with Gasteiger partial charge >= 0.3 is 12.1 Å². The van der Waals surface area contributed by atoms with Gasteiger partial charge in [0.1, 0.15) is 6.04 Å². The quantitative estimate of drug-likeness (QED) is 0.723. The van der Waals surface area contributed by atoms with Crippen molar-refractivity contribution in [2.24, 2.45) is 0 Å². The van der Waals surface area contributed by atoms with Gasteiger partial charge in [0.2, 0.25) is 0 Å². The predicted molar refractivity (Wildman–Crippen MR) is 64.0 cm³/mol. The average Bonchev–Trinajstić information content (AvgIpc) is 2.26. The summed E-state index contributed by atoms with van der Waals surface area (Å²) in [4.78, 5) is 10.6. The average molecular weight is 274 g/mol. The number of halogens is 3. The highest BCUT2D eigenvalue weighted by molar-refractivity contribution is 5.76. The Labute approximate surface area is 107 Å². The van der Waals surface area contributed by atoms with Crippen molar-refractivity contribution in [3.05, 3.63) is 23.3 Å². The second-order valence-electron chi connectivity index (χ2n) is 4.57. The van der Waals surface area contributed by atoms with E-state index in [1.54, 1.807) is 6.07 Å². The molecule has 1 aliphatic heterocycles. The van der Waals surface area contributed by atoms with Crippen LogP contribution < -0.4 is 11.1 Å². The van der Waals surface area contributed by atoms with E-state index in [1.807, 2.05) is 0 Å². The Hall–Kier alpha value is -1.92. The van der Waals surface area contributed by atoms with Gasteiger partial charge < -0.3 is 16.2 Å². The second kappa shape index (κ2) is 4.64. The number of anilines is 2. The van der Waals surface area contributed by atoms with Crippen molar-refractivity contribution in [2.75, 3.05) is 11.1 Å². The van der Waals surface area contributed by atoms with Crippen molar-refractivity contribution in [1.29, 1.82) is 0 Å². The van der Waals surface area contributed by atoms with Gasteiger partial charge in [0.05, 0.1) is 17.8 Å². The van der Waals surface area contributed by atoms with E-state index in [0.29, 0.717) is 11.1 Å². The molecule has 1 unspecified atom stereocenters. The summed E-state index contributed by atoms with van der Waals surface area (Å²) in [6.45, 7) is 0. The number of alkyl halides is 3. The molecular formula is C12H13F3N2O2. The van der Waals surface area contributed by atoms with Gasteiger partial charge in [0.25, 0.3) is 0 Å². The molecule has 0 aromatic heterocycles. The minimum atomic E-state index is -4.32. The maximum Gasteiger partial charge on any atom is 0.408 e. The van der Waals surface area contributed by atoms with E-state index in [2.05, 4.69) is 5.32 Å². The fourth-order valence-electron chi connectivity index (χ4n) is 2.24. The smallest absolute Gasteiger partial charge is 0.408 e. The monoisotopic (exact) mass is 274 g/mol. The van der Waals surface area contributed by atoms with Crippen molar-refractivity contribution in [3.63, 3.8) is 0 Å². The van der Waals surface area contributed by atoms with Gasteiger partial charge in [-0.25, -0.2) is 0 Å². The van der Waals surface area contributed by atoms with Crippen LogP contribution in [-0.4, -0.2) is 23.3 Å². The van der Waals surface area contributed by atoms with Crippen LogP contribution in [-0.2, 0) is 17.6 Å². The van der Waals surface area contributed by atoms with Gasteiger partial charge in [-0.1, -0.05) is 6.07 Å². The Kier molecular flexibility index (Phi) is 3.30. The summed E-state index contributed by atoms with van der Waals surface area (Å²) in [7, 11) is 0. The molecule has 0 saturated carbocycles. The molecule has 1 heterocycles. The Bertz CT molecular complexity index is 514. The van der Waals surface area contributed by atoms with E-state index in [1.165, 1.54) is 6.07 Å². The summed E-state index contributed by atoms with van der Waals surface area (Å²) in [5.41, 5.74) is 7.25. The molecule has 1 aliphatic rings. The maximum absolute atomic E-state index is 12.6. The number of carboxylic acid groups (broad SMARTS) is 1. The zero-order valence-corrected chi connectivity index (χ0v) is 9.92. The highest BCUT2D eigenvalue weighted by Crippen LogP contribution is 2.36. The molecule has 1 atom stereocenters. The number of carbonyl (C=O) groups is 1. The Morgan fingerprint density at radius 3 is 2.74 bits per heavy atom. The third-order valence-corrected chi connectivity index (χ3v) is 3.08. The van der Waals surface area contributed by atoms with E-state index < -0.39 is 18.2 Å². The molecule has 0 bridgehead atoms. The van der Waals surface area contributed by atoms with Crippen LogP contribution in [0.15, 0.2) is 12.1 Å². The lowest BCUT2D eigenvalue weighted by atomic mass is 9.94. The Balaban J connectivity index is 2.29. The molecule has 0 saturated heterocycles. The lowest BCUT2D eigenvalue weighted by Crippen LogP contribution is -2.39. The summed E-state index contributed by atoms with van der Waals surface area (Å²) >= 11 is 0. The number of aryl methyl sites for hydroxylation is 1. The zero-order valence-electron chi connectivity index (χ0n) is 9.92. The summed E-state index contributed by atoms with van der Waals surface area (Å²) in [6, 6.07) is 1.39. The lowest BCUT2D eigenvalue weighted by molar-refractivity contribution is -0.144. The number of carboxylic acids is 1. The molecule has 2 rings (SSSR count). The summed E-state index contributed by atoms with van der Waals surface area (Å²) in [5, 5.41) is 11.1. The fourth-order valence-corrected chi connectivity index (χ4v) is 2.24. The third-order valence-electron chi connectivity index (χ3n) is 3.08. The molecule has 104 valence electrons. The molecule has 4 N–H and O–H groups in total. The van der Waals surface area contributed by atoms with Gasteiger partial charge in [-0.05, 0) is 30.0 Å². The topological polar surface area (TPSA) is 75.4 Å². The number of hydrogen-bond acceptors (Lipinski definition) is 3. The molecule has 0 aliphatic carbocycles. The van der Waals surface area contributed by atoms with Crippen LogP contribution in [0, 0.1) is 0 Å². The molecular weight excluding hydrogens is 261 g/mol. The first kappa shape index (κ1) is 13.5. The van der Waals surface area contributed by atoms with Crippen molar-refractivity contribution in [2.45, 2.75) is 31.5 Å². The molecule has 0 spiro atoms. The fraction of sp³-hybridized carbons (Fsp3) is 0.417. The molecule has 1 aromatic carbocycles.